The van der Waals surface area contributed by atoms with Crippen molar-refractivity contribution in [2.45, 2.75) is 6.92 Å². The number of aryl methyl sites for hydroxylation is 1. The molecule has 0 aliphatic heterocycles. The summed E-state index contributed by atoms with van der Waals surface area (Å²) in [4.78, 5) is 26.5. The van der Waals surface area contributed by atoms with E-state index in [-0.39, 0.29) is 16.6 Å². The second-order valence-corrected chi connectivity index (χ2v) is 6.23. The minimum atomic E-state index is -0.582. The fourth-order valence-corrected chi connectivity index (χ4v) is 2.63. The van der Waals surface area contributed by atoms with E-state index in [1.54, 1.807) is 6.07 Å². The fraction of sp³-hybridized carbons (Fsp3) is 0.105. The maximum Gasteiger partial charge on any atom is 0.310 e. The predicted octanol–water partition coefficient (Wildman–Crippen LogP) is 3.63. The minimum Gasteiger partial charge on any atom is -0.477 e. The van der Waals surface area contributed by atoms with Gasteiger partial charge >= 0.3 is 5.69 Å². The van der Waals surface area contributed by atoms with E-state index >= 15 is 0 Å². The smallest absolute Gasteiger partial charge is 0.310 e. The summed E-state index contributed by atoms with van der Waals surface area (Å²) in [5, 5.41) is 15.9. The first-order chi connectivity index (χ1) is 13.4. The van der Waals surface area contributed by atoms with E-state index < -0.39 is 17.4 Å². The van der Waals surface area contributed by atoms with Gasteiger partial charge in [-0.2, -0.15) is 5.10 Å². The molecule has 0 fully saturated rings. The normalized spacial score (nSPS) is 10.9. The lowest BCUT2D eigenvalue weighted by Crippen LogP contribution is -2.24. The van der Waals surface area contributed by atoms with Crippen molar-refractivity contribution < 1.29 is 14.5 Å². The summed E-state index contributed by atoms with van der Waals surface area (Å²) >= 11 is 6.16. The first kappa shape index (κ1) is 19.2. The van der Waals surface area contributed by atoms with Crippen LogP contribution in [0.5, 0.6) is 5.75 Å². The van der Waals surface area contributed by atoms with Gasteiger partial charge in [-0.25, -0.2) is 10.4 Å². The van der Waals surface area contributed by atoms with Crippen LogP contribution in [0.4, 0.5) is 5.69 Å². The van der Waals surface area contributed by atoms with E-state index in [0.717, 1.165) is 16.5 Å². The highest BCUT2D eigenvalue weighted by Crippen LogP contribution is 2.25. The molecular formula is C19H15ClN4O4. The maximum atomic E-state index is 11.9. The number of amides is 1. The van der Waals surface area contributed by atoms with Crippen LogP contribution in [-0.4, -0.2) is 28.6 Å². The van der Waals surface area contributed by atoms with Crippen molar-refractivity contribution in [2.24, 2.45) is 5.10 Å². The summed E-state index contributed by atoms with van der Waals surface area (Å²) in [5.74, 6) is -0.571. The molecule has 3 rings (SSSR count). The SMILES string of the molecule is Cc1ccc2cc(/C=N/NC(=O)COc3ccccc3[N+](=O)[O-])c(Cl)nc2c1. The van der Waals surface area contributed by atoms with Gasteiger partial charge in [-0.1, -0.05) is 35.9 Å². The van der Waals surface area contributed by atoms with Gasteiger partial charge in [-0.3, -0.25) is 14.9 Å². The van der Waals surface area contributed by atoms with E-state index in [9.17, 15) is 14.9 Å². The van der Waals surface area contributed by atoms with Gasteiger partial charge in [0.2, 0.25) is 0 Å². The van der Waals surface area contributed by atoms with Gasteiger partial charge in [-0.15, -0.1) is 0 Å². The van der Waals surface area contributed by atoms with Crippen LogP contribution >= 0.6 is 11.6 Å². The van der Waals surface area contributed by atoms with Gasteiger partial charge in [0.25, 0.3) is 5.91 Å². The van der Waals surface area contributed by atoms with Gasteiger partial charge in [0.1, 0.15) is 5.15 Å². The van der Waals surface area contributed by atoms with Crippen LogP contribution in [0.1, 0.15) is 11.1 Å². The summed E-state index contributed by atoms with van der Waals surface area (Å²) in [6.45, 7) is 1.54. The van der Waals surface area contributed by atoms with Crippen molar-refractivity contribution >= 4 is 40.3 Å². The number of carbonyl (C=O) groups is 1. The molecule has 2 aromatic carbocycles. The zero-order valence-corrected chi connectivity index (χ0v) is 15.5. The van der Waals surface area contributed by atoms with Gasteiger partial charge in [-0.05, 0) is 30.7 Å². The van der Waals surface area contributed by atoms with Crippen molar-refractivity contribution in [3.63, 3.8) is 0 Å². The Morgan fingerprint density at radius 2 is 2.11 bits per heavy atom. The third-order valence-electron chi connectivity index (χ3n) is 3.77. The van der Waals surface area contributed by atoms with Crippen LogP contribution in [0, 0.1) is 17.0 Å². The topological polar surface area (TPSA) is 107 Å². The predicted molar refractivity (Wildman–Crippen MR) is 106 cm³/mol. The number of pyridine rings is 1. The molecule has 1 amide bonds. The molecule has 9 heteroatoms. The van der Waals surface area contributed by atoms with Gasteiger partial charge < -0.3 is 4.74 Å². The standard InChI is InChI=1S/C19H15ClN4O4/c1-12-6-7-13-9-14(19(20)22-15(13)8-12)10-21-23-18(25)11-28-17-5-3-2-4-16(17)24(26)27/h2-10H,11H2,1H3,(H,23,25)/b21-10+. The van der Waals surface area contributed by atoms with Crippen LogP contribution in [0.2, 0.25) is 5.15 Å². The molecule has 0 unspecified atom stereocenters. The number of ether oxygens (including phenoxy) is 1. The lowest BCUT2D eigenvalue weighted by molar-refractivity contribution is -0.385. The number of hydrogen-bond acceptors (Lipinski definition) is 6. The Kier molecular flexibility index (Phi) is 5.81. The summed E-state index contributed by atoms with van der Waals surface area (Å²) < 4.78 is 5.19. The molecule has 0 radical (unpaired) electrons. The molecule has 8 nitrogen and oxygen atoms in total. The number of hydrazone groups is 1. The van der Waals surface area contributed by atoms with Gasteiger partial charge in [0.15, 0.2) is 12.4 Å². The molecule has 0 bridgehead atoms. The number of benzene rings is 2. The number of rotatable bonds is 6. The number of para-hydroxylation sites is 2. The van der Waals surface area contributed by atoms with E-state index in [0.29, 0.717) is 5.56 Å². The van der Waals surface area contributed by atoms with Crippen LogP contribution in [0.25, 0.3) is 10.9 Å². The molecule has 1 aromatic heterocycles. The van der Waals surface area contributed by atoms with E-state index in [1.807, 2.05) is 31.2 Å². The molecule has 0 aliphatic carbocycles. The lowest BCUT2D eigenvalue weighted by atomic mass is 10.1. The summed E-state index contributed by atoms with van der Waals surface area (Å²) in [5.41, 5.74) is 4.44. The highest BCUT2D eigenvalue weighted by molar-refractivity contribution is 6.32. The number of nitro groups is 1. The lowest BCUT2D eigenvalue weighted by Gasteiger charge is -2.05. The molecule has 0 atom stereocenters. The second kappa shape index (κ2) is 8.45. The van der Waals surface area contributed by atoms with Crippen molar-refractivity contribution in [3.8, 4) is 5.75 Å². The summed E-state index contributed by atoms with van der Waals surface area (Å²) in [7, 11) is 0. The van der Waals surface area contributed by atoms with E-state index in [1.165, 1.54) is 24.4 Å². The van der Waals surface area contributed by atoms with E-state index in [2.05, 4.69) is 15.5 Å². The number of fused-ring (bicyclic) bond motifs is 1. The van der Waals surface area contributed by atoms with Gasteiger partial charge in [0.05, 0.1) is 16.7 Å². The molecule has 142 valence electrons. The zero-order valence-electron chi connectivity index (χ0n) is 14.8. The van der Waals surface area contributed by atoms with Gasteiger partial charge in [0, 0.05) is 17.0 Å². The first-order valence-electron chi connectivity index (χ1n) is 8.19. The number of halogens is 1. The fourth-order valence-electron chi connectivity index (χ4n) is 2.44. The number of nitrogens with one attached hydrogen (secondary N) is 1. The Hall–Kier alpha value is -3.52. The highest BCUT2D eigenvalue weighted by Gasteiger charge is 2.14. The number of nitro benzene ring substituents is 1. The Bertz CT molecular complexity index is 1080. The van der Waals surface area contributed by atoms with Crippen LogP contribution in [0.3, 0.4) is 0 Å². The summed E-state index contributed by atoms with van der Waals surface area (Å²) in [6, 6.07) is 13.4. The van der Waals surface area contributed by atoms with Crippen molar-refractivity contribution in [1.29, 1.82) is 0 Å². The third-order valence-corrected chi connectivity index (χ3v) is 4.07. The molecule has 0 saturated carbocycles. The van der Waals surface area contributed by atoms with Crippen LogP contribution in [-0.2, 0) is 4.79 Å². The minimum absolute atomic E-state index is 0.00342. The highest BCUT2D eigenvalue weighted by atomic mass is 35.5. The Balaban J connectivity index is 1.62. The summed E-state index contributed by atoms with van der Waals surface area (Å²) in [6.07, 6.45) is 1.37. The van der Waals surface area contributed by atoms with Crippen LogP contribution in [0.15, 0.2) is 53.6 Å². The molecular weight excluding hydrogens is 384 g/mol. The van der Waals surface area contributed by atoms with Crippen molar-refractivity contribution in [2.75, 3.05) is 6.61 Å². The average molecular weight is 399 g/mol. The van der Waals surface area contributed by atoms with Crippen molar-refractivity contribution in [3.05, 3.63) is 74.9 Å². The largest absolute Gasteiger partial charge is 0.477 e. The Morgan fingerprint density at radius 1 is 1.32 bits per heavy atom. The number of hydrogen-bond donors (Lipinski definition) is 1. The van der Waals surface area contributed by atoms with Crippen molar-refractivity contribution in [1.82, 2.24) is 10.4 Å². The number of nitrogens with zero attached hydrogens (tertiary/aromatic N) is 3. The molecule has 1 N–H and O–H groups in total. The maximum absolute atomic E-state index is 11.9. The number of carbonyl (C=O) groups excluding carboxylic acids is 1. The third kappa shape index (κ3) is 4.60. The molecule has 0 spiro atoms. The molecule has 28 heavy (non-hydrogen) atoms. The second-order valence-electron chi connectivity index (χ2n) is 5.87. The molecule has 0 aliphatic rings. The van der Waals surface area contributed by atoms with Crippen LogP contribution < -0.4 is 10.2 Å². The number of aromatic nitrogens is 1. The average Bonchev–Trinajstić information content (AvgIpc) is 2.67. The monoisotopic (exact) mass is 398 g/mol. The Morgan fingerprint density at radius 3 is 2.89 bits per heavy atom. The Labute approximate surface area is 164 Å². The van der Waals surface area contributed by atoms with E-state index in [4.69, 9.17) is 16.3 Å². The quantitative estimate of drug-likeness (QED) is 0.295. The first-order valence-corrected chi connectivity index (χ1v) is 8.57. The molecule has 3 aromatic rings. The molecule has 1 heterocycles. The molecule has 0 saturated heterocycles. The zero-order chi connectivity index (χ0) is 20.1.